The first kappa shape index (κ1) is 23.2. The molecule has 1 aliphatic rings. The molecule has 0 radical (unpaired) electrons. The van der Waals surface area contributed by atoms with E-state index < -0.39 is 5.60 Å². The van der Waals surface area contributed by atoms with Gasteiger partial charge in [0.15, 0.2) is 5.78 Å². The summed E-state index contributed by atoms with van der Waals surface area (Å²) in [6, 6.07) is 20.1. The molecule has 0 aliphatic carbocycles. The number of hydrogen-bond donors (Lipinski definition) is 0. The van der Waals surface area contributed by atoms with Gasteiger partial charge in [0.25, 0.3) is 0 Å². The zero-order valence-electron chi connectivity index (χ0n) is 19.9. The van der Waals surface area contributed by atoms with E-state index in [1.807, 2.05) is 62.4 Å². The lowest BCUT2D eigenvalue weighted by molar-refractivity contribution is 0.103. The lowest BCUT2D eigenvalue weighted by atomic mass is 9.97. The van der Waals surface area contributed by atoms with Gasteiger partial charge in [-0.15, -0.1) is 0 Å². The van der Waals surface area contributed by atoms with Crippen molar-refractivity contribution in [2.45, 2.75) is 26.0 Å². The molecule has 0 spiro atoms. The standard InChI is InChI=1S/C30H26BrNO3/c1-30(2)16-15-25-28(34-3)14-12-24(29(25)35-30)27(33)13-11-21-19-32(26-10-5-4-9-23(21)26)18-20-7-6-8-22(31)17-20/h4-17,19H,18H2,1-3H3/b13-11+. The van der Waals surface area contributed by atoms with Crippen molar-refractivity contribution >= 4 is 44.8 Å². The van der Waals surface area contributed by atoms with Crippen LogP contribution in [0.25, 0.3) is 23.1 Å². The van der Waals surface area contributed by atoms with Crippen molar-refractivity contribution in [2.24, 2.45) is 0 Å². The highest BCUT2D eigenvalue weighted by atomic mass is 79.9. The maximum absolute atomic E-state index is 13.3. The van der Waals surface area contributed by atoms with Gasteiger partial charge in [-0.2, -0.15) is 0 Å². The molecule has 0 atom stereocenters. The van der Waals surface area contributed by atoms with Gasteiger partial charge >= 0.3 is 0 Å². The van der Waals surface area contributed by atoms with E-state index in [0.717, 1.165) is 33.0 Å². The first-order valence-corrected chi connectivity index (χ1v) is 12.3. The van der Waals surface area contributed by atoms with Gasteiger partial charge < -0.3 is 14.0 Å². The van der Waals surface area contributed by atoms with Crippen molar-refractivity contribution in [3.8, 4) is 11.5 Å². The second-order valence-corrected chi connectivity index (χ2v) is 10.1. The zero-order valence-corrected chi connectivity index (χ0v) is 21.5. The minimum Gasteiger partial charge on any atom is -0.496 e. The van der Waals surface area contributed by atoms with Gasteiger partial charge in [0, 0.05) is 33.7 Å². The number of ether oxygens (including phenoxy) is 2. The summed E-state index contributed by atoms with van der Waals surface area (Å²) in [6.45, 7) is 4.68. The summed E-state index contributed by atoms with van der Waals surface area (Å²) in [5, 5.41) is 1.10. The molecule has 0 fully saturated rings. The second-order valence-electron chi connectivity index (χ2n) is 9.15. The van der Waals surface area contributed by atoms with Crippen LogP contribution in [0.1, 0.15) is 40.9 Å². The van der Waals surface area contributed by atoms with E-state index in [2.05, 4.69) is 51.0 Å². The molecule has 4 nitrogen and oxygen atoms in total. The number of allylic oxidation sites excluding steroid dienone is 1. The number of carbonyl (C=O) groups excluding carboxylic acids is 1. The third-order valence-corrected chi connectivity index (χ3v) is 6.63. The van der Waals surface area contributed by atoms with E-state index in [4.69, 9.17) is 9.47 Å². The predicted molar refractivity (Wildman–Crippen MR) is 145 cm³/mol. The molecular formula is C30H26BrNO3. The number of fused-ring (bicyclic) bond motifs is 2. The van der Waals surface area contributed by atoms with Crippen LogP contribution in [0.5, 0.6) is 11.5 Å². The van der Waals surface area contributed by atoms with Crippen LogP contribution in [0.3, 0.4) is 0 Å². The van der Waals surface area contributed by atoms with Crippen LogP contribution in [0.15, 0.2) is 83.5 Å². The molecule has 176 valence electrons. The lowest BCUT2D eigenvalue weighted by Gasteiger charge is -2.29. The molecule has 0 saturated heterocycles. The Labute approximate surface area is 213 Å². The molecule has 0 bridgehead atoms. The second kappa shape index (κ2) is 9.23. The van der Waals surface area contributed by atoms with Crippen molar-refractivity contribution in [1.29, 1.82) is 0 Å². The predicted octanol–water partition coefficient (Wildman–Crippen LogP) is 7.54. The summed E-state index contributed by atoms with van der Waals surface area (Å²) in [7, 11) is 1.62. The van der Waals surface area contributed by atoms with E-state index in [1.54, 1.807) is 19.3 Å². The van der Waals surface area contributed by atoms with E-state index >= 15 is 0 Å². The molecule has 35 heavy (non-hydrogen) atoms. The quantitative estimate of drug-likeness (QED) is 0.192. The van der Waals surface area contributed by atoms with Crippen LogP contribution in [0.4, 0.5) is 0 Å². The number of aromatic nitrogens is 1. The number of benzene rings is 3. The average molecular weight is 528 g/mol. The number of nitrogens with zero attached hydrogens (tertiary/aromatic N) is 1. The van der Waals surface area contributed by atoms with Crippen LogP contribution < -0.4 is 9.47 Å². The largest absolute Gasteiger partial charge is 0.496 e. The van der Waals surface area contributed by atoms with Crippen molar-refractivity contribution < 1.29 is 14.3 Å². The number of para-hydroxylation sites is 1. The smallest absolute Gasteiger partial charge is 0.189 e. The first-order chi connectivity index (χ1) is 16.8. The normalized spacial score (nSPS) is 14.2. The Morgan fingerprint density at radius 3 is 2.74 bits per heavy atom. The summed E-state index contributed by atoms with van der Waals surface area (Å²) in [5.74, 6) is 1.13. The number of carbonyl (C=O) groups is 1. The summed E-state index contributed by atoms with van der Waals surface area (Å²) in [6.07, 6.45) is 9.56. The SMILES string of the molecule is COc1ccc(C(=O)/C=C/c2cn(Cc3cccc(Br)c3)c3ccccc23)c2c1C=CC(C)(C)O2. The summed E-state index contributed by atoms with van der Waals surface area (Å²) in [5.41, 5.74) is 4.12. The van der Waals surface area contributed by atoms with E-state index in [-0.39, 0.29) is 5.78 Å². The molecule has 3 aromatic carbocycles. The lowest BCUT2D eigenvalue weighted by Crippen LogP contribution is -2.28. The Balaban J connectivity index is 1.49. The Morgan fingerprint density at radius 2 is 1.94 bits per heavy atom. The summed E-state index contributed by atoms with van der Waals surface area (Å²) < 4.78 is 14.9. The number of hydrogen-bond acceptors (Lipinski definition) is 3. The number of methoxy groups -OCH3 is 1. The maximum Gasteiger partial charge on any atom is 0.189 e. The highest BCUT2D eigenvalue weighted by Crippen LogP contribution is 2.40. The van der Waals surface area contributed by atoms with Crippen LogP contribution in [-0.2, 0) is 6.54 Å². The van der Waals surface area contributed by atoms with E-state index in [0.29, 0.717) is 17.1 Å². The topological polar surface area (TPSA) is 40.5 Å². The van der Waals surface area contributed by atoms with Gasteiger partial charge in [-0.3, -0.25) is 4.79 Å². The summed E-state index contributed by atoms with van der Waals surface area (Å²) in [4.78, 5) is 13.3. The minimum atomic E-state index is -0.502. The van der Waals surface area contributed by atoms with Crippen molar-refractivity contribution in [3.63, 3.8) is 0 Å². The van der Waals surface area contributed by atoms with Gasteiger partial charge in [-0.05, 0) is 74.0 Å². The van der Waals surface area contributed by atoms with E-state index in [1.165, 1.54) is 5.56 Å². The van der Waals surface area contributed by atoms with Crippen LogP contribution >= 0.6 is 15.9 Å². The highest BCUT2D eigenvalue weighted by Gasteiger charge is 2.27. The molecule has 1 aromatic heterocycles. The number of rotatable bonds is 6. The molecule has 5 heteroatoms. The Kier molecular flexibility index (Phi) is 6.12. The van der Waals surface area contributed by atoms with Gasteiger partial charge in [0.2, 0.25) is 0 Å². The molecule has 0 saturated carbocycles. The molecule has 0 amide bonds. The fraction of sp³-hybridized carbons (Fsp3) is 0.167. The zero-order chi connectivity index (χ0) is 24.6. The Hall–Kier alpha value is -3.57. The average Bonchev–Trinajstić information content (AvgIpc) is 3.18. The van der Waals surface area contributed by atoms with Crippen LogP contribution in [0, 0.1) is 0 Å². The van der Waals surface area contributed by atoms with Gasteiger partial charge in [-0.1, -0.05) is 46.3 Å². The third kappa shape index (κ3) is 4.69. The van der Waals surface area contributed by atoms with E-state index in [9.17, 15) is 4.79 Å². The minimum absolute atomic E-state index is 0.112. The molecule has 1 aliphatic heterocycles. The van der Waals surface area contributed by atoms with Crippen LogP contribution in [-0.4, -0.2) is 23.1 Å². The molecule has 5 rings (SSSR count). The molecule has 0 unspecified atom stereocenters. The fourth-order valence-electron chi connectivity index (χ4n) is 4.43. The molecule has 4 aromatic rings. The number of halogens is 1. The Morgan fingerprint density at radius 1 is 1.11 bits per heavy atom. The number of ketones is 1. The van der Waals surface area contributed by atoms with Crippen molar-refractivity contribution in [3.05, 3.63) is 106 Å². The van der Waals surface area contributed by atoms with Gasteiger partial charge in [0.1, 0.15) is 17.1 Å². The monoisotopic (exact) mass is 527 g/mol. The Bertz CT molecular complexity index is 1490. The highest BCUT2D eigenvalue weighted by molar-refractivity contribution is 9.10. The maximum atomic E-state index is 13.3. The van der Waals surface area contributed by atoms with Crippen molar-refractivity contribution in [2.75, 3.05) is 7.11 Å². The van der Waals surface area contributed by atoms with Gasteiger partial charge in [0.05, 0.1) is 18.2 Å². The third-order valence-electron chi connectivity index (χ3n) is 6.13. The molecule has 0 N–H and O–H groups in total. The van der Waals surface area contributed by atoms with Crippen LogP contribution in [0.2, 0.25) is 0 Å². The fourth-order valence-corrected chi connectivity index (χ4v) is 4.88. The molecule has 2 heterocycles. The molecular weight excluding hydrogens is 502 g/mol. The van der Waals surface area contributed by atoms with Gasteiger partial charge in [-0.25, -0.2) is 0 Å². The summed E-state index contributed by atoms with van der Waals surface area (Å²) >= 11 is 3.56. The van der Waals surface area contributed by atoms with Crippen molar-refractivity contribution in [1.82, 2.24) is 4.57 Å². The first-order valence-electron chi connectivity index (χ1n) is 11.5.